The van der Waals surface area contributed by atoms with Gasteiger partial charge in [-0.25, -0.2) is 0 Å². The molecule has 0 bridgehead atoms. The summed E-state index contributed by atoms with van der Waals surface area (Å²) in [5, 5.41) is 2.79. The maximum atomic E-state index is 11.3. The van der Waals surface area contributed by atoms with E-state index in [4.69, 9.17) is 6.42 Å². The van der Waals surface area contributed by atoms with E-state index in [2.05, 4.69) is 25.1 Å². The summed E-state index contributed by atoms with van der Waals surface area (Å²) in [4.78, 5) is 11.3. The van der Waals surface area contributed by atoms with Gasteiger partial charge in [-0.05, 0) is 26.2 Å². The Hall–Kier alpha value is -0.970. The lowest BCUT2D eigenvalue weighted by molar-refractivity contribution is -0.122. The topological polar surface area (TPSA) is 29.1 Å². The highest BCUT2D eigenvalue weighted by Gasteiger charge is 2.16. The predicted octanol–water partition coefficient (Wildman–Crippen LogP) is 1.95. The van der Waals surface area contributed by atoms with Crippen LogP contribution in [-0.2, 0) is 4.79 Å². The summed E-state index contributed by atoms with van der Waals surface area (Å²) in [7, 11) is 0. The summed E-state index contributed by atoms with van der Waals surface area (Å²) in [5.74, 6) is 3.12. The van der Waals surface area contributed by atoms with Crippen LogP contribution in [0, 0.1) is 18.3 Å². The molecule has 0 aliphatic heterocycles. The minimum absolute atomic E-state index is 0.0386. The van der Waals surface area contributed by atoms with Crippen LogP contribution in [0.2, 0.25) is 0 Å². The minimum atomic E-state index is -0.520. The van der Waals surface area contributed by atoms with Crippen molar-refractivity contribution >= 4 is 5.91 Å². The van der Waals surface area contributed by atoms with Crippen LogP contribution in [0.4, 0.5) is 0 Å². The molecule has 74 valence electrons. The molecule has 13 heavy (non-hydrogen) atoms. The molecule has 0 saturated heterocycles. The summed E-state index contributed by atoms with van der Waals surface area (Å²) in [6.45, 7) is 7.83. The minimum Gasteiger partial charge on any atom is -0.340 e. The lowest BCUT2D eigenvalue weighted by Gasteiger charge is -2.19. The average Bonchev–Trinajstić information content (AvgIpc) is 2.00. The zero-order chi connectivity index (χ0) is 10.5. The maximum absolute atomic E-state index is 11.3. The molecule has 0 radical (unpaired) electrons. The zero-order valence-electron chi connectivity index (χ0n) is 8.98. The SMILES string of the molecule is C#CC(C)(C)NC(=O)CCC(C)C. The van der Waals surface area contributed by atoms with E-state index in [0.717, 1.165) is 6.42 Å². The van der Waals surface area contributed by atoms with Crippen molar-refractivity contribution in [3.05, 3.63) is 0 Å². The number of hydrogen-bond acceptors (Lipinski definition) is 1. The molecule has 0 rings (SSSR count). The van der Waals surface area contributed by atoms with E-state index in [1.54, 1.807) is 0 Å². The van der Waals surface area contributed by atoms with Gasteiger partial charge in [-0.3, -0.25) is 4.79 Å². The lowest BCUT2D eigenvalue weighted by atomic mass is 10.0. The van der Waals surface area contributed by atoms with E-state index >= 15 is 0 Å². The number of carbonyl (C=O) groups is 1. The summed E-state index contributed by atoms with van der Waals surface area (Å²) in [6, 6.07) is 0. The molecule has 0 aromatic heterocycles. The van der Waals surface area contributed by atoms with Gasteiger partial charge in [-0.1, -0.05) is 19.8 Å². The van der Waals surface area contributed by atoms with E-state index in [0.29, 0.717) is 12.3 Å². The number of nitrogens with one attached hydrogen (secondary N) is 1. The van der Waals surface area contributed by atoms with E-state index < -0.39 is 5.54 Å². The third-order valence-electron chi connectivity index (χ3n) is 1.76. The van der Waals surface area contributed by atoms with Gasteiger partial charge < -0.3 is 5.32 Å². The van der Waals surface area contributed by atoms with Gasteiger partial charge in [0, 0.05) is 6.42 Å². The highest BCUT2D eigenvalue weighted by Crippen LogP contribution is 2.05. The van der Waals surface area contributed by atoms with Crippen molar-refractivity contribution in [1.29, 1.82) is 0 Å². The molecule has 0 fully saturated rings. The lowest BCUT2D eigenvalue weighted by Crippen LogP contribution is -2.42. The molecule has 0 atom stereocenters. The fourth-order valence-electron chi connectivity index (χ4n) is 0.867. The highest BCUT2D eigenvalue weighted by atomic mass is 16.1. The van der Waals surface area contributed by atoms with E-state index in [1.165, 1.54) is 0 Å². The Bertz CT molecular complexity index is 211. The van der Waals surface area contributed by atoms with Gasteiger partial charge in [0.15, 0.2) is 0 Å². The van der Waals surface area contributed by atoms with E-state index in [9.17, 15) is 4.79 Å². The second-order valence-corrected chi connectivity index (χ2v) is 4.25. The van der Waals surface area contributed by atoms with Crippen molar-refractivity contribution in [3.8, 4) is 12.3 Å². The highest BCUT2D eigenvalue weighted by molar-refractivity contribution is 5.77. The molecule has 0 aromatic carbocycles. The maximum Gasteiger partial charge on any atom is 0.221 e. The molecule has 0 aliphatic carbocycles. The van der Waals surface area contributed by atoms with Gasteiger partial charge in [0.1, 0.15) is 0 Å². The molecule has 0 spiro atoms. The van der Waals surface area contributed by atoms with Gasteiger partial charge in [-0.15, -0.1) is 6.42 Å². The molecule has 0 saturated carbocycles. The molecular weight excluding hydrogens is 162 g/mol. The van der Waals surface area contributed by atoms with E-state index in [-0.39, 0.29) is 5.91 Å². The molecule has 1 amide bonds. The number of carbonyl (C=O) groups excluding carboxylic acids is 1. The van der Waals surface area contributed by atoms with Crippen LogP contribution in [0.5, 0.6) is 0 Å². The first-order valence-electron chi connectivity index (χ1n) is 4.66. The summed E-state index contributed by atoms with van der Waals surface area (Å²) in [5.41, 5.74) is -0.520. The summed E-state index contributed by atoms with van der Waals surface area (Å²) in [6.07, 6.45) is 6.71. The first-order chi connectivity index (χ1) is 5.87. The Morgan fingerprint density at radius 3 is 2.46 bits per heavy atom. The van der Waals surface area contributed by atoms with Gasteiger partial charge in [0.05, 0.1) is 5.54 Å². The number of rotatable bonds is 4. The molecule has 0 aromatic rings. The predicted molar refractivity (Wildman–Crippen MR) is 55.1 cm³/mol. The molecule has 0 aliphatic rings. The van der Waals surface area contributed by atoms with Gasteiger partial charge in [0.25, 0.3) is 0 Å². The monoisotopic (exact) mass is 181 g/mol. The second-order valence-electron chi connectivity index (χ2n) is 4.25. The van der Waals surface area contributed by atoms with Crippen molar-refractivity contribution in [2.75, 3.05) is 0 Å². The van der Waals surface area contributed by atoms with Crippen LogP contribution in [0.15, 0.2) is 0 Å². The molecular formula is C11H19NO. The Kier molecular flexibility index (Phi) is 4.55. The summed E-state index contributed by atoms with van der Waals surface area (Å²) < 4.78 is 0. The Morgan fingerprint density at radius 1 is 1.54 bits per heavy atom. The van der Waals surface area contributed by atoms with Crippen LogP contribution in [-0.4, -0.2) is 11.4 Å². The fraction of sp³-hybridized carbons (Fsp3) is 0.727. The van der Waals surface area contributed by atoms with Crippen molar-refractivity contribution < 1.29 is 4.79 Å². The van der Waals surface area contributed by atoms with Crippen LogP contribution < -0.4 is 5.32 Å². The molecule has 2 nitrogen and oxygen atoms in total. The normalized spacial score (nSPS) is 11.1. The quantitative estimate of drug-likeness (QED) is 0.660. The molecule has 1 N–H and O–H groups in total. The van der Waals surface area contributed by atoms with Crippen molar-refractivity contribution in [3.63, 3.8) is 0 Å². The fourth-order valence-corrected chi connectivity index (χ4v) is 0.867. The van der Waals surface area contributed by atoms with Crippen LogP contribution >= 0.6 is 0 Å². The largest absolute Gasteiger partial charge is 0.340 e. The van der Waals surface area contributed by atoms with E-state index in [1.807, 2.05) is 13.8 Å². The first kappa shape index (κ1) is 12.0. The first-order valence-corrected chi connectivity index (χ1v) is 4.66. The smallest absolute Gasteiger partial charge is 0.221 e. The van der Waals surface area contributed by atoms with Crippen molar-refractivity contribution in [1.82, 2.24) is 5.32 Å². The molecule has 0 unspecified atom stereocenters. The third-order valence-corrected chi connectivity index (χ3v) is 1.76. The third kappa shape index (κ3) is 6.21. The Balaban J connectivity index is 3.83. The standard InChI is InChI=1S/C11H19NO/c1-6-11(4,5)12-10(13)8-7-9(2)3/h1,9H,7-8H2,2-5H3,(H,12,13). The second kappa shape index (κ2) is 4.91. The Morgan fingerprint density at radius 2 is 2.08 bits per heavy atom. The number of hydrogen-bond donors (Lipinski definition) is 1. The van der Waals surface area contributed by atoms with Crippen molar-refractivity contribution in [2.24, 2.45) is 5.92 Å². The molecule has 2 heteroatoms. The van der Waals surface area contributed by atoms with Gasteiger partial charge >= 0.3 is 0 Å². The number of terminal acetylenes is 1. The average molecular weight is 181 g/mol. The van der Waals surface area contributed by atoms with Crippen molar-refractivity contribution in [2.45, 2.75) is 46.1 Å². The van der Waals surface area contributed by atoms with Crippen LogP contribution in [0.3, 0.4) is 0 Å². The van der Waals surface area contributed by atoms with Crippen LogP contribution in [0.25, 0.3) is 0 Å². The Labute approximate surface area is 81.1 Å². The van der Waals surface area contributed by atoms with Gasteiger partial charge in [-0.2, -0.15) is 0 Å². The number of amides is 1. The molecule has 0 heterocycles. The summed E-state index contributed by atoms with van der Waals surface area (Å²) >= 11 is 0. The zero-order valence-corrected chi connectivity index (χ0v) is 8.98. The van der Waals surface area contributed by atoms with Crippen LogP contribution in [0.1, 0.15) is 40.5 Å². The van der Waals surface area contributed by atoms with Gasteiger partial charge in [0.2, 0.25) is 5.91 Å².